The largest absolute Gasteiger partial charge is 0.481 e. The van der Waals surface area contributed by atoms with Crippen LogP contribution >= 0.6 is 0 Å². The smallest absolute Gasteiger partial charge is 0.315 e. The van der Waals surface area contributed by atoms with E-state index in [1.807, 2.05) is 18.2 Å². The molecule has 0 spiro atoms. The van der Waals surface area contributed by atoms with E-state index in [9.17, 15) is 9.59 Å². The Hall–Kier alpha value is -2.04. The van der Waals surface area contributed by atoms with E-state index in [0.29, 0.717) is 18.8 Å². The summed E-state index contributed by atoms with van der Waals surface area (Å²) in [6.07, 6.45) is 7.55. The number of hydrogen-bond donors (Lipinski definition) is 3. The molecule has 3 rings (SSSR count). The van der Waals surface area contributed by atoms with Gasteiger partial charge in [0.25, 0.3) is 0 Å². The molecule has 0 aromatic heterocycles. The Morgan fingerprint density at radius 2 is 1.60 bits per heavy atom. The van der Waals surface area contributed by atoms with Gasteiger partial charge in [-0.1, -0.05) is 43.2 Å². The highest BCUT2D eigenvalue weighted by Gasteiger charge is 2.30. The summed E-state index contributed by atoms with van der Waals surface area (Å²) in [5.41, 5.74) is 1.17. The van der Waals surface area contributed by atoms with E-state index in [2.05, 4.69) is 22.8 Å². The Morgan fingerprint density at radius 1 is 0.960 bits per heavy atom. The molecule has 1 unspecified atom stereocenters. The van der Waals surface area contributed by atoms with Gasteiger partial charge in [-0.05, 0) is 50.0 Å². The minimum absolute atomic E-state index is 0.0547. The molecule has 5 heteroatoms. The van der Waals surface area contributed by atoms with Crippen molar-refractivity contribution in [3.8, 4) is 0 Å². The summed E-state index contributed by atoms with van der Waals surface area (Å²) < 4.78 is 0. The quantitative estimate of drug-likeness (QED) is 0.759. The molecule has 25 heavy (non-hydrogen) atoms. The Balaban J connectivity index is 1.56. The number of hydrogen-bond acceptors (Lipinski definition) is 2. The third kappa shape index (κ3) is 4.74. The van der Waals surface area contributed by atoms with Crippen LogP contribution in [0.1, 0.15) is 63.0 Å². The van der Waals surface area contributed by atoms with E-state index in [4.69, 9.17) is 5.11 Å². The topological polar surface area (TPSA) is 78.4 Å². The third-order valence-corrected chi connectivity index (χ3v) is 5.73. The molecule has 2 aliphatic rings. The van der Waals surface area contributed by atoms with Gasteiger partial charge in [0.05, 0.1) is 12.0 Å². The van der Waals surface area contributed by atoms with Crippen molar-refractivity contribution in [1.82, 2.24) is 10.6 Å². The predicted octanol–water partition coefficient (Wildman–Crippen LogP) is 3.86. The van der Waals surface area contributed by atoms with Crippen LogP contribution in [0.3, 0.4) is 0 Å². The molecule has 0 saturated heterocycles. The normalized spacial score (nSPS) is 25.3. The first-order valence-corrected chi connectivity index (χ1v) is 9.48. The van der Waals surface area contributed by atoms with Crippen molar-refractivity contribution in [2.24, 2.45) is 11.8 Å². The van der Waals surface area contributed by atoms with Crippen LogP contribution in [0.25, 0.3) is 0 Å². The van der Waals surface area contributed by atoms with Crippen LogP contribution in [-0.4, -0.2) is 23.1 Å². The lowest BCUT2D eigenvalue weighted by molar-refractivity contribution is -0.142. The molecular weight excluding hydrogens is 316 g/mol. The summed E-state index contributed by atoms with van der Waals surface area (Å²) in [6, 6.07) is 10.2. The minimum atomic E-state index is -0.715. The zero-order valence-corrected chi connectivity index (χ0v) is 14.6. The Bertz CT molecular complexity index is 576. The number of amides is 2. The molecule has 0 radical (unpaired) electrons. The molecule has 2 amide bonds. The van der Waals surface area contributed by atoms with Gasteiger partial charge in [-0.25, -0.2) is 4.79 Å². The second kappa shape index (κ2) is 8.37. The van der Waals surface area contributed by atoms with Crippen molar-refractivity contribution in [2.45, 2.75) is 63.5 Å². The summed E-state index contributed by atoms with van der Waals surface area (Å²) in [5.74, 6) is -0.471. The van der Waals surface area contributed by atoms with Crippen molar-refractivity contribution in [3.63, 3.8) is 0 Å². The molecule has 1 aromatic carbocycles. The van der Waals surface area contributed by atoms with Crippen LogP contribution in [0.15, 0.2) is 30.3 Å². The summed E-state index contributed by atoms with van der Waals surface area (Å²) in [4.78, 5) is 23.6. The van der Waals surface area contributed by atoms with E-state index in [1.54, 1.807) is 0 Å². The summed E-state index contributed by atoms with van der Waals surface area (Å²) in [7, 11) is 0. The number of aliphatic carboxylic acids is 1. The van der Waals surface area contributed by atoms with Crippen LogP contribution in [0.5, 0.6) is 0 Å². The maximum Gasteiger partial charge on any atom is 0.315 e. The summed E-state index contributed by atoms with van der Waals surface area (Å²) in [6.45, 7) is 0. The van der Waals surface area contributed by atoms with Crippen LogP contribution in [0.4, 0.5) is 4.79 Å². The van der Waals surface area contributed by atoms with Crippen LogP contribution in [-0.2, 0) is 4.79 Å². The molecule has 5 nitrogen and oxygen atoms in total. The van der Waals surface area contributed by atoms with Gasteiger partial charge in [0.2, 0.25) is 0 Å². The van der Waals surface area contributed by atoms with Gasteiger partial charge in [-0.15, -0.1) is 0 Å². The van der Waals surface area contributed by atoms with Gasteiger partial charge in [0.1, 0.15) is 0 Å². The van der Waals surface area contributed by atoms with Crippen molar-refractivity contribution < 1.29 is 14.7 Å². The molecule has 1 aromatic rings. The summed E-state index contributed by atoms with van der Waals surface area (Å²) in [5, 5.41) is 15.3. The van der Waals surface area contributed by atoms with Crippen molar-refractivity contribution in [3.05, 3.63) is 35.9 Å². The van der Waals surface area contributed by atoms with Gasteiger partial charge >= 0.3 is 12.0 Å². The minimum Gasteiger partial charge on any atom is -0.481 e. The molecule has 2 fully saturated rings. The number of nitrogens with one attached hydrogen (secondary N) is 2. The zero-order valence-electron chi connectivity index (χ0n) is 14.6. The second-order valence-electron chi connectivity index (χ2n) is 7.44. The van der Waals surface area contributed by atoms with Crippen molar-refractivity contribution >= 4 is 12.0 Å². The number of carbonyl (C=O) groups excluding carboxylic acids is 1. The second-order valence-corrected chi connectivity index (χ2v) is 7.44. The number of benzene rings is 1. The fourth-order valence-corrected chi connectivity index (χ4v) is 4.28. The Kier molecular flexibility index (Phi) is 5.95. The van der Waals surface area contributed by atoms with Gasteiger partial charge in [-0.3, -0.25) is 4.79 Å². The number of carboxylic acid groups (broad SMARTS) is 1. The number of carbonyl (C=O) groups is 2. The lowest BCUT2D eigenvalue weighted by atomic mass is 9.86. The van der Waals surface area contributed by atoms with Crippen LogP contribution < -0.4 is 10.6 Å². The highest BCUT2D eigenvalue weighted by molar-refractivity contribution is 5.75. The first-order chi connectivity index (χ1) is 12.1. The average molecular weight is 344 g/mol. The van der Waals surface area contributed by atoms with E-state index in [-0.39, 0.29) is 24.0 Å². The maximum absolute atomic E-state index is 12.5. The molecule has 136 valence electrons. The van der Waals surface area contributed by atoms with E-state index in [0.717, 1.165) is 25.7 Å². The summed E-state index contributed by atoms with van der Waals surface area (Å²) >= 11 is 0. The molecule has 0 heterocycles. The average Bonchev–Trinajstić information content (AvgIpc) is 3.15. The molecule has 1 atom stereocenters. The lowest BCUT2D eigenvalue weighted by Crippen LogP contribution is -2.46. The van der Waals surface area contributed by atoms with E-state index >= 15 is 0 Å². The SMILES string of the molecule is O=C(NC1CCC(C(=O)O)CC1)NC(c1ccccc1)C1CCCC1. The number of rotatable bonds is 5. The van der Waals surface area contributed by atoms with Gasteiger partial charge in [0, 0.05) is 6.04 Å². The molecule has 2 aliphatic carbocycles. The highest BCUT2D eigenvalue weighted by Crippen LogP contribution is 2.35. The monoisotopic (exact) mass is 344 g/mol. The lowest BCUT2D eigenvalue weighted by Gasteiger charge is -2.29. The molecule has 3 N–H and O–H groups in total. The zero-order chi connectivity index (χ0) is 17.6. The predicted molar refractivity (Wildman–Crippen MR) is 96.2 cm³/mol. The van der Waals surface area contributed by atoms with E-state index in [1.165, 1.54) is 18.4 Å². The Labute approximate surface area is 149 Å². The maximum atomic E-state index is 12.5. The first-order valence-electron chi connectivity index (χ1n) is 9.48. The van der Waals surface area contributed by atoms with Gasteiger partial charge in [-0.2, -0.15) is 0 Å². The van der Waals surface area contributed by atoms with Gasteiger partial charge in [0.15, 0.2) is 0 Å². The van der Waals surface area contributed by atoms with Crippen LogP contribution in [0.2, 0.25) is 0 Å². The van der Waals surface area contributed by atoms with Gasteiger partial charge < -0.3 is 15.7 Å². The van der Waals surface area contributed by atoms with Crippen LogP contribution in [0, 0.1) is 11.8 Å². The molecule has 0 aliphatic heterocycles. The first kappa shape index (κ1) is 17.8. The van der Waals surface area contributed by atoms with Crippen molar-refractivity contribution in [2.75, 3.05) is 0 Å². The number of carboxylic acids is 1. The standard InChI is InChI=1S/C20H28N2O3/c23-19(24)16-10-12-17(13-11-16)21-20(25)22-18(15-8-4-5-9-15)14-6-2-1-3-7-14/h1-3,6-7,15-18H,4-5,8-13H2,(H,23,24)(H2,21,22,25). The van der Waals surface area contributed by atoms with E-state index < -0.39 is 5.97 Å². The Morgan fingerprint density at radius 3 is 2.20 bits per heavy atom. The molecule has 0 bridgehead atoms. The highest BCUT2D eigenvalue weighted by atomic mass is 16.4. The third-order valence-electron chi connectivity index (χ3n) is 5.73. The molecule has 2 saturated carbocycles. The fraction of sp³-hybridized carbons (Fsp3) is 0.600. The number of urea groups is 1. The fourth-order valence-electron chi connectivity index (χ4n) is 4.28. The molecular formula is C20H28N2O3. The van der Waals surface area contributed by atoms with Crippen molar-refractivity contribution in [1.29, 1.82) is 0 Å².